The van der Waals surface area contributed by atoms with Crippen molar-refractivity contribution in [3.05, 3.63) is 65.9 Å². The van der Waals surface area contributed by atoms with E-state index in [-0.39, 0.29) is 5.91 Å². The van der Waals surface area contributed by atoms with Gasteiger partial charge in [-0.1, -0.05) is 18.2 Å². The third-order valence-corrected chi connectivity index (χ3v) is 3.38. The van der Waals surface area contributed by atoms with Crippen LogP contribution in [0.1, 0.15) is 15.9 Å². The van der Waals surface area contributed by atoms with E-state index in [1.54, 1.807) is 24.4 Å². The molecule has 1 aromatic heterocycles. The number of fused-ring (bicyclic) bond motifs is 1. The Labute approximate surface area is 122 Å². The number of nitrogen functional groups attached to an aromatic ring is 1. The Morgan fingerprint density at radius 2 is 1.95 bits per heavy atom. The first-order chi connectivity index (χ1) is 10.1. The largest absolute Gasteiger partial charge is 0.399 e. The number of hydrogen-bond acceptors (Lipinski definition) is 3. The Morgan fingerprint density at radius 1 is 1.14 bits per heavy atom. The molecule has 0 radical (unpaired) electrons. The third kappa shape index (κ3) is 2.56. The van der Waals surface area contributed by atoms with Gasteiger partial charge in [-0.25, -0.2) is 0 Å². The molecule has 0 unspecified atom stereocenters. The molecule has 104 valence electrons. The minimum Gasteiger partial charge on any atom is -0.399 e. The quantitative estimate of drug-likeness (QED) is 0.706. The molecule has 0 spiro atoms. The highest BCUT2D eigenvalue weighted by atomic mass is 16.1. The number of aryl methyl sites for hydroxylation is 1. The van der Waals surface area contributed by atoms with Crippen molar-refractivity contribution in [1.82, 2.24) is 4.98 Å². The summed E-state index contributed by atoms with van der Waals surface area (Å²) in [5.41, 5.74) is 9.34. The minimum absolute atomic E-state index is 0.174. The van der Waals surface area contributed by atoms with Crippen LogP contribution in [0.2, 0.25) is 0 Å². The van der Waals surface area contributed by atoms with E-state index in [2.05, 4.69) is 10.3 Å². The number of benzene rings is 2. The lowest BCUT2D eigenvalue weighted by Gasteiger charge is -2.10. The SMILES string of the molecule is Cc1cc(N)ccc1NC(=O)c1cccc2cccnc12. The van der Waals surface area contributed by atoms with Crippen molar-refractivity contribution in [3.63, 3.8) is 0 Å². The van der Waals surface area contributed by atoms with Crippen molar-refractivity contribution in [2.45, 2.75) is 6.92 Å². The van der Waals surface area contributed by atoms with E-state index < -0.39 is 0 Å². The summed E-state index contributed by atoms with van der Waals surface area (Å²) in [4.78, 5) is 16.8. The van der Waals surface area contributed by atoms with Crippen LogP contribution in [0, 0.1) is 6.92 Å². The van der Waals surface area contributed by atoms with Crippen molar-refractivity contribution >= 4 is 28.2 Å². The molecule has 2 aromatic carbocycles. The fourth-order valence-electron chi connectivity index (χ4n) is 2.30. The first kappa shape index (κ1) is 13.1. The lowest BCUT2D eigenvalue weighted by atomic mass is 10.1. The molecule has 0 aliphatic rings. The minimum atomic E-state index is -0.174. The molecule has 21 heavy (non-hydrogen) atoms. The van der Waals surface area contributed by atoms with Crippen LogP contribution in [0.25, 0.3) is 10.9 Å². The Hall–Kier alpha value is -2.88. The molecule has 0 saturated heterocycles. The zero-order chi connectivity index (χ0) is 14.8. The van der Waals surface area contributed by atoms with Crippen molar-refractivity contribution in [1.29, 1.82) is 0 Å². The number of aromatic nitrogens is 1. The van der Waals surface area contributed by atoms with E-state index >= 15 is 0 Å². The van der Waals surface area contributed by atoms with Crippen molar-refractivity contribution in [2.75, 3.05) is 11.1 Å². The van der Waals surface area contributed by atoms with Crippen LogP contribution in [0.15, 0.2) is 54.7 Å². The Bertz CT molecular complexity index is 822. The number of rotatable bonds is 2. The van der Waals surface area contributed by atoms with Crippen LogP contribution in [0.5, 0.6) is 0 Å². The van der Waals surface area contributed by atoms with Gasteiger partial charge in [0.15, 0.2) is 0 Å². The van der Waals surface area contributed by atoms with Crippen LogP contribution < -0.4 is 11.1 Å². The van der Waals surface area contributed by atoms with Gasteiger partial charge in [0.1, 0.15) is 0 Å². The molecule has 0 atom stereocenters. The van der Waals surface area contributed by atoms with Crippen LogP contribution in [0.4, 0.5) is 11.4 Å². The standard InChI is InChI=1S/C17H15N3O/c1-11-10-13(18)7-8-15(11)20-17(21)14-6-2-4-12-5-3-9-19-16(12)14/h2-10H,18H2,1H3,(H,20,21). The highest BCUT2D eigenvalue weighted by molar-refractivity contribution is 6.12. The van der Waals surface area contributed by atoms with Gasteiger partial charge >= 0.3 is 0 Å². The van der Waals surface area contributed by atoms with E-state index in [0.29, 0.717) is 16.8 Å². The monoisotopic (exact) mass is 277 g/mol. The summed E-state index contributed by atoms with van der Waals surface area (Å²) in [6.07, 6.45) is 1.69. The lowest BCUT2D eigenvalue weighted by Crippen LogP contribution is -2.13. The normalized spacial score (nSPS) is 10.5. The molecule has 0 aliphatic heterocycles. The summed E-state index contributed by atoms with van der Waals surface area (Å²) < 4.78 is 0. The number of carbonyl (C=O) groups is 1. The fraction of sp³-hybridized carbons (Fsp3) is 0.0588. The highest BCUT2D eigenvalue weighted by Gasteiger charge is 2.12. The second kappa shape index (κ2) is 5.25. The van der Waals surface area contributed by atoms with Gasteiger partial charge in [-0.05, 0) is 42.8 Å². The van der Waals surface area contributed by atoms with Gasteiger partial charge in [-0.2, -0.15) is 0 Å². The van der Waals surface area contributed by atoms with Gasteiger partial charge in [-0.3, -0.25) is 9.78 Å². The summed E-state index contributed by atoms with van der Waals surface area (Å²) in [7, 11) is 0. The highest BCUT2D eigenvalue weighted by Crippen LogP contribution is 2.21. The molecule has 4 heteroatoms. The summed E-state index contributed by atoms with van der Waals surface area (Å²) in [6, 6.07) is 14.8. The molecule has 3 aromatic rings. The zero-order valence-corrected chi connectivity index (χ0v) is 11.6. The Morgan fingerprint density at radius 3 is 2.76 bits per heavy atom. The van der Waals surface area contributed by atoms with Crippen molar-refractivity contribution in [2.24, 2.45) is 0 Å². The first-order valence-electron chi connectivity index (χ1n) is 6.66. The summed E-state index contributed by atoms with van der Waals surface area (Å²) in [5.74, 6) is -0.174. The Kier molecular flexibility index (Phi) is 3.28. The molecule has 3 N–H and O–H groups in total. The van der Waals surface area contributed by atoms with Crippen LogP contribution >= 0.6 is 0 Å². The predicted molar refractivity (Wildman–Crippen MR) is 85.3 cm³/mol. The molecule has 0 saturated carbocycles. The maximum Gasteiger partial charge on any atom is 0.257 e. The summed E-state index contributed by atoms with van der Waals surface area (Å²) >= 11 is 0. The summed E-state index contributed by atoms with van der Waals surface area (Å²) in [6.45, 7) is 1.91. The number of nitrogens with one attached hydrogen (secondary N) is 1. The van der Waals surface area contributed by atoms with E-state index in [4.69, 9.17) is 5.73 Å². The van der Waals surface area contributed by atoms with Crippen LogP contribution in [-0.4, -0.2) is 10.9 Å². The van der Waals surface area contributed by atoms with E-state index in [1.807, 2.05) is 37.3 Å². The van der Waals surface area contributed by atoms with Gasteiger partial charge in [0.2, 0.25) is 0 Å². The number of hydrogen-bond donors (Lipinski definition) is 2. The number of nitrogens with two attached hydrogens (primary N) is 1. The first-order valence-corrected chi connectivity index (χ1v) is 6.66. The molecule has 3 rings (SSSR count). The lowest BCUT2D eigenvalue weighted by molar-refractivity contribution is 0.102. The number of carbonyl (C=O) groups excluding carboxylic acids is 1. The number of para-hydroxylation sites is 1. The molecule has 0 fully saturated rings. The number of nitrogens with zero attached hydrogens (tertiary/aromatic N) is 1. The molecular formula is C17H15N3O. The van der Waals surface area contributed by atoms with Gasteiger partial charge in [0, 0.05) is 23.0 Å². The second-order valence-corrected chi connectivity index (χ2v) is 4.91. The van der Waals surface area contributed by atoms with E-state index in [1.165, 1.54) is 0 Å². The average molecular weight is 277 g/mol. The predicted octanol–water partition coefficient (Wildman–Crippen LogP) is 3.38. The molecule has 0 aliphatic carbocycles. The van der Waals surface area contributed by atoms with Crippen molar-refractivity contribution < 1.29 is 4.79 Å². The molecule has 4 nitrogen and oxygen atoms in total. The third-order valence-electron chi connectivity index (χ3n) is 3.38. The second-order valence-electron chi connectivity index (χ2n) is 4.91. The zero-order valence-electron chi connectivity index (χ0n) is 11.6. The maximum absolute atomic E-state index is 12.5. The molecular weight excluding hydrogens is 262 g/mol. The molecule has 1 heterocycles. The molecule has 0 bridgehead atoms. The van der Waals surface area contributed by atoms with Gasteiger partial charge in [0.25, 0.3) is 5.91 Å². The fourth-order valence-corrected chi connectivity index (χ4v) is 2.30. The number of amides is 1. The smallest absolute Gasteiger partial charge is 0.257 e. The summed E-state index contributed by atoms with van der Waals surface area (Å²) in [5, 5.41) is 3.86. The number of pyridine rings is 1. The van der Waals surface area contributed by atoms with Crippen LogP contribution in [0.3, 0.4) is 0 Å². The van der Waals surface area contributed by atoms with E-state index in [9.17, 15) is 4.79 Å². The maximum atomic E-state index is 12.5. The van der Waals surface area contributed by atoms with Crippen LogP contribution in [-0.2, 0) is 0 Å². The Balaban J connectivity index is 1.97. The van der Waals surface area contributed by atoms with E-state index in [0.717, 1.165) is 16.6 Å². The topological polar surface area (TPSA) is 68.0 Å². The van der Waals surface area contributed by atoms with Gasteiger partial charge in [0.05, 0.1) is 11.1 Å². The van der Waals surface area contributed by atoms with Crippen molar-refractivity contribution in [3.8, 4) is 0 Å². The average Bonchev–Trinajstić information content (AvgIpc) is 2.49. The molecule has 1 amide bonds. The van der Waals surface area contributed by atoms with Gasteiger partial charge in [-0.15, -0.1) is 0 Å². The number of anilines is 2. The van der Waals surface area contributed by atoms with Gasteiger partial charge < -0.3 is 11.1 Å².